The number of nitrogens with zero attached hydrogens (tertiary/aromatic N) is 4. The van der Waals surface area contributed by atoms with Gasteiger partial charge in [-0.15, -0.1) is 0 Å². The number of carbonyl (C=O) groups excluding carboxylic acids is 1. The van der Waals surface area contributed by atoms with Gasteiger partial charge in [0, 0.05) is 12.6 Å². The van der Waals surface area contributed by atoms with Crippen LogP contribution in [0.3, 0.4) is 0 Å². The second-order valence-electron chi connectivity index (χ2n) is 4.15. The normalized spacial score (nSPS) is 14.6. The standard InChI is InChI=1S/C12H12N4O4/c13-9-14-7-3-4-8-15(14)12(17)20-11-6-2-1-5-10(11)16(18)19/h1-2,5-6H,3-4,7-8H2. The number of nitro benzene ring substituents is 1. The minimum Gasteiger partial charge on any atom is -0.402 e. The van der Waals surface area contributed by atoms with E-state index in [0.717, 1.165) is 17.9 Å². The van der Waals surface area contributed by atoms with Crippen molar-refractivity contribution in [2.24, 2.45) is 0 Å². The molecular weight excluding hydrogens is 264 g/mol. The molecule has 1 saturated heterocycles. The van der Waals surface area contributed by atoms with Gasteiger partial charge in [0.2, 0.25) is 5.75 Å². The molecule has 1 aromatic rings. The lowest BCUT2D eigenvalue weighted by Gasteiger charge is -2.33. The van der Waals surface area contributed by atoms with E-state index in [-0.39, 0.29) is 11.4 Å². The lowest BCUT2D eigenvalue weighted by atomic mass is 10.2. The first-order valence-corrected chi connectivity index (χ1v) is 6.03. The molecule has 0 aromatic heterocycles. The van der Waals surface area contributed by atoms with Crippen LogP contribution >= 0.6 is 0 Å². The van der Waals surface area contributed by atoms with Crippen LogP contribution in [0.25, 0.3) is 0 Å². The molecule has 1 aliphatic rings. The summed E-state index contributed by atoms with van der Waals surface area (Å²) in [5, 5.41) is 22.1. The second-order valence-corrected chi connectivity index (χ2v) is 4.15. The smallest absolute Gasteiger partial charge is 0.402 e. The Morgan fingerprint density at radius 1 is 1.35 bits per heavy atom. The van der Waals surface area contributed by atoms with Crippen molar-refractivity contribution in [2.75, 3.05) is 13.1 Å². The van der Waals surface area contributed by atoms with Crippen molar-refractivity contribution < 1.29 is 14.5 Å². The average molecular weight is 276 g/mol. The number of carbonyl (C=O) groups is 1. The van der Waals surface area contributed by atoms with Crippen LogP contribution in [0.1, 0.15) is 12.8 Å². The first-order chi connectivity index (χ1) is 9.63. The Bertz CT molecular complexity index is 569. The minimum atomic E-state index is -0.791. The number of benzene rings is 1. The van der Waals surface area contributed by atoms with E-state index in [1.54, 1.807) is 0 Å². The van der Waals surface area contributed by atoms with Crippen LogP contribution < -0.4 is 4.74 Å². The first kappa shape index (κ1) is 13.6. The Kier molecular flexibility index (Phi) is 4.00. The van der Waals surface area contributed by atoms with Crippen molar-refractivity contribution in [3.63, 3.8) is 0 Å². The zero-order valence-corrected chi connectivity index (χ0v) is 10.6. The van der Waals surface area contributed by atoms with Crippen molar-refractivity contribution in [2.45, 2.75) is 12.8 Å². The number of rotatable bonds is 2. The highest BCUT2D eigenvalue weighted by Gasteiger charge is 2.27. The molecule has 20 heavy (non-hydrogen) atoms. The van der Waals surface area contributed by atoms with Crippen molar-refractivity contribution in [1.82, 2.24) is 10.0 Å². The van der Waals surface area contributed by atoms with Gasteiger partial charge < -0.3 is 4.74 Å². The average Bonchev–Trinajstić information content (AvgIpc) is 2.47. The lowest BCUT2D eigenvalue weighted by Crippen LogP contribution is -2.49. The van der Waals surface area contributed by atoms with E-state index in [1.807, 2.05) is 6.19 Å². The zero-order valence-electron chi connectivity index (χ0n) is 10.6. The summed E-state index contributed by atoms with van der Waals surface area (Å²) in [6, 6.07) is 5.61. The topological polar surface area (TPSA) is 99.7 Å². The Morgan fingerprint density at radius 3 is 2.75 bits per heavy atom. The van der Waals surface area contributed by atoms with Gasteiger partial charge in [0.05, 0.1) is 11.5 Å². The minimum absolute atomic E-state index is 0.133. The van der Waals surface area contributed by atoms with Gasteiger partial charge in [-0.1, -0.05) is 12.1 Å². The van der Waals surface area contributed by atoms with E-state index in [0.29, 0.717) is 13.1 Å². The Hall–Kier alpha value is -2.82. The Morgan fingerprint density at radius 2 is 2.05 bits per heavy atom. The van der Waals surface area contributed by atoms with Crippen molar-refractivity contribution in [3.05, 3.63) is 34.4 Å². The summed E-state index contributed by atoms with van der Waals surface area (Å²) in [5.74, 6) is -0.133. The molecule has 0 spiro atoms. The molecule has 1 aromatic carbocycles. The maximum atomic E-state index is 12.0. The van der Waals surface area contributed by atoms with Crippen LogP contribution in [0, 0.1) is 21.6 Å². The van der Waals surface area contributed by atoms with Gasteiger partial charge in [0.15, 0.2) is 6.19 Å². The number of hydrogen-bond acceptors (Lipinski definition) is 6. The summed E-state index contributed by atoms with van der Waals surface area (Å²) in [4.78, 5) is 22.2. The van der Waals surface area contributed by atoms with Crippen molar-refractivity contribution >= 4 is 11.8 Å². The first-order valence-electron chi connectivity index (χ1n) is 6.03. The molecule has 0 radical (unpaired) electrons. The molecule has 0 unspecified atom stereocenters. The highest BCUT2D eigenvalue weighted by molar-refractivity contribution is 5.72. The molecule has 0 saturated carbocycles. The molecule has 1 aliphatic heterocycles. The van der Waals surface area contributed by atoms with Crippen LogP contribution in [0.4, 0.5) is 10.5 Å². The number of nitro groups is 1. The fraction of sp³-hybridized carbons (Fsp3) is 0.333. The molecule has 8 heteroatoms. The van der Waals surface area contributed by atoms with Crippen molar-refractivity contribution in [1.29, 1.82) is 5.26 Å². The van der Waals surface area contributed by atoms with E-state index < -0.39 is 11.0 Å². The van der Waals surface area contributed by atoms with Gasteiger partial charge in [-0.3, -0.25) is 10.1 Å². The van der Waals surface area contributed by atoms with E-state index >= 15 is 0 Å². The highest BCUT2D eigenvalue weighted by atomic mass is 16.6. The van der Waals surface area contributed by atoms with Crippen molar-refractivity contribution in [3.8, 4) is 11.9 Å². The quantitative estimate of drug-likeness (QED) is 0.464. The van der Waals surface area contributed by atoms with Gasteiger partial charge in [0.25, 0.3) is 0 Å². The molecular formula is C12H12N4O4. The van der Waals surface area contributed by atoms with Gasteiger partial charge in [-0.05, 0) is 18.9 Å². The summed E-state index contributed by atoms with van der Waals surface area (Å²) in [5.41, 5.74) is -0.290. The summed E-state index contributed by atoms with van der Waals surface area (Å²) in [6.07, 6.45) is 2.65. The third-order valence-corrected chi connectivity index (χ3v) is 2.87. The summed E-state index contributed by atoms with van der Waals surface area (Å²) < 4.78 is 5.03. The largest absolute Gasteiger partial charge is 0.435 e. The number of nitriles is 1. The third kappa shape index (κ3) is 2.77. The molecule has 2 rings (SSSR count). The molecule has 0 atom stereocenters. The van der Waals surface area contributed by atoms with Crippen LogP contribution in [-0.2, 0) is 0 Å². The monoisotopic (exact) mass is 276 g/mol. The molecule has 104 valence electrons. The fourth-order valence-corrected chi connectivity index (χ4v) is 1.90. The van der Waals surface area contributed by atoms with Gasteiger partial charge in [-0.2, -0.15) is 5.26 Å². The molecule has 0 N–H and O–H groups in total. The number of amides is 1. The fourth-order valence-electron chi connectivity index (χ4n) is 1.90. The van der Waals surface area contributed by atoms with E-state index in [2.05, 4.69) is 0 Å². The summed E-state index contributed by atoms with van der Waals surface area (Å²) in [7, 11) is 0. The summed E-state index contributed by atoms with van der Waals surface area (Å²) in [6.45, 7) is 0.787. The lowest BCUT2D eigenvalue weighted by molar-refractivity contribution is -0.385. The van der Waals surface area contributed by atoms with E-state index in [9.17, 15) is 14.9 Å². The molecule has 8 nitrogen and oxygen atoms in total. The Balaban J connectivity index is 2.15. The number of hydrazine groups is 1. The SMILES string of the molecule is N#CN1CCCCN1C(=O)Oc1ccccc1[N+](=O)[O-]. The number of hydrogen-bond donors (Lipinski definition) is 0. The predicted molar refractivity (Wildman–Crippen MR) is 67.4 cm³/mol. The van der Waals surface area contributed by atoms with Gasteiger partial charge in [0.1, 0.15) is 0 Å². The predicted octanol–water partition coefficient (Wildman–Crippen LogP) is 1.89. The van der Waals surface area contributed by atoms with Crippen LogP contribution in [-0.4, -0.2) is 34.1 Å². The summed E-state index contributed by atoms with van der Waals surface area (Å²) >= 11 is 0. The van der Waals surface area contributed by atoms with Crippen LogP contribution in [0.2, 0.25) is 0 Å². The maximum Gasteiger partial charge on any atom is 0.435 e. The van der Waals surface area contributed by atoms with Gasteiger partial charge in [-0.25, -0.2) is 14.8 Å². The molecule has 0 aliphatic carbocycles. The molecule has 1 fully saturated rings. The molecule has 1 heterocycles. The van der Waals surface area contributed by atoms with Gasteiger partial charge >= 0.3 is 11.8 Å². The second kappa shape index (κ2) is 5.88. The van der Waals surface area contributed by atoms with E-state index in [4.69, 9.17) is 10.00 Å². The van der Waals surface area contributed by atoms with Crippen LogP contribution in [0.5, 0.6) is 5.75 Å². The van der Waals surface area contributed by atoms with E-state index in [1.165, 1.54) is 29.3 Å². The zero-order chi connectivity index (χ0) is 14.5. The molecule has 0 bridgehead atoms. The maximum absolute atomic E-state index is 12.0. The van der Waals surface area contributed by atoms with Crippen LogP contribution in [0.15, 0.2) is 24.3 Å². The number of ether oxygens (including phenoxy) is 1. The number of para-hydroxylation sites is 2. The molecule has 1 amide bonds. The highest BCUT2D eigenvalue weighted by Crippen LogP contribution is 2.26. The third-order valence-electron chi connectivity index (χ3n) is 2.87. The Labute approximate surface area is 114 Å².